The first-order chi connectivity index (χ1) is 10.1. The van der Waals surface area contributed by atoms with Crippen LogP contribution in [0.15, 0.2) is 24.3 Å². The van der Waals surface area contributed by atoms with Crippen LogP contribution >= 0.6 is 0 Å². The maximum atomic E-state index is 12.8. The van der Waals surface area contributed by atoms with Crippen molar-refractivity contribution in [1.29, 1.82) is 0 Å². The molecule has 1 fully saturated rings. The number of rotatable bonds is 3. The first-order valence-electron chi connectivity index (χ1n) is 7.22. The third-order valence-corrected chi connectivity index (χ3v) is 3.49. The topological polar surface area (TPSA) is 61.4 Å². The predicted octanol–water partition coefficient (Wildman–Crippen LogP) is 1.46. The van der Waals surface area contributed by atoms with Crippen LogP contribution < -0.4 is 10.9 Å². The van der Waals surface area contributed by atoms with Gasteiger partial charge in [0.1, 0.15) is 5.82 Å². The minimum absolute atomic E-state index is 0.243. The molecule has 0 aliphatic carbocycles. The molecule has 1 aliphatic heterocycles. The van der Waals surface area contributed by atoms with E-state index in [0.717, 1.165) is 25.9 Å². The van der Waals surface area contributed by atoms with E-state index in [1.54, 1.807) is 0 Å². The molecule has 0 bridgehead atoms. The van der Waals surface area contributed by atoms with Crippen molar-refractivity contribution >= 4 is 11.8 Å². The van der Waals surface area contributed by atoms with Crippen molar-refractivity contribution in [3.8, 4) is 0 Å². The molecular weight excluding hydrogens is 273 g/mol. The fourth-order valence-electron chi connectivity index (χ4n) is 2.34. The minimum atomic E-state index is -0.459. The van der Waals surface area contributed by atoms with Gasteiger partial charge in [0.15, 0.2) is 0 Å². The molecule has 1 aromatic carbocycles. The second-order valence-corrected chi connectivity index (χ2v) is 5.20. The zero-order valence-electron chi connectivity index (χ0n) is 11.9. The van der Waals surface area contributed by atoms with Gasteiger partial charge < -0.3 is 0 Å². The molecule has 2 rings (SSSR count). The summed E-state index contributed by atoms with van der Waals surface area (Å²) in [6.07, 6.45) is 4.63. The third kappa shape index (κ3) is 5.15. The van der Waals surface area contributed by atoms with Gasteiger partial charge in [0.05, 0.1) is 6.54 Å². The van der Waals surface area contributed by atoms with Crippen molar-refractivity contribution in [1.82, 2.24) is 15.8 Å². The van der Waals surface area contributed by atoms with Gasteiger partial charge in [0.2, 0.25) is 0 Å². The van der Waals surface area contributed by atoms with E-state index in [4.69, 9.17) is 0 Å². The van der Waals surface area contributed by atoms with Crippen LogP contribution in [0.3, 0.4) is 0 Å². The molecule has 0 saturated carbocycles. The van der Waals surface area contributed by atoms with Gasteiger partial charge in [-0.2, -0.15) is 0 Å². The Hall–Kier alpha value is -1.95. The Morgan fingerprint density at radius 2 is 1.62 bits per heavy atom. The average Bonchev–Trinajstić information content (AvgIpc) is 2.74. The van der Waals surface area contributed by atoms with Gasteiger partial charge in [0, 0.05) is 5.56 Å². The summed E-state index contributed by atoms with van der Waals surface area (Å²) in [6.45, 7) is 2.11. The standard InChI is InChI=1S/C15H20FN3O2/c16-13-7-5-12(6-8-13)15(21)18-17-14(20)11-19-9-3-1-2-4-10-19/h5-8H,1-4,9-11H2,(H,17,20)(H,18,21). The monoisotopic (exact) mass is 293 g/mol. The largest absolute Gasteiger partial charge is 0.294 e. The van der Waals surface area contributed by atoms with E-state index in [-0.39, 0.29) is 12.5 Å². The summed E-state index contributed by atoms with van der Waals surface area (Å²) in [5.74, 6) is -1.11. The molecule has 1 aliphatic rings. The number of nitrogens with one attached hydrogen (secondary N) is 2. The fraction of sp³-hybridized carbons (Fsp3) is 0.467. The lowest BCUT2D eigenvalue weighted by molar-refractivity contribution is -0.123. The maximum Gasteiger partial charge on any atom is 0.269 e. The summed E-state index contributed by atoms with van der Waals surface area (Å²) in [7, 11) is 0. The van der Waals surface area contributed by atoms with Crippen LogP contribution in [0, 0.1) is 5.82 Å². The predicted molar refractivity (Wildman–Crippen MR) is 76.9 cm³/mol. The Kier molecular flexibility index (Phi) is 5.68. The van der Waals surface area contributed by atoms with Crippen LogP contribution in [0.4, 0.5) is 4.39 Å². The van der Waals surface area contributed by atoms with Crippen LogP contribution in [0.2, 0.25) is 0 Å². The van der Waals surface area contributed by atoms with Crippen molar-refractivity contribution in [2.75, 3.05) is 19.6 Å². The van der Waals surface area contributed by atoms with E-state index in [9.17, 15) is 14.0 Å². The lowest BCUT2D eigenvalue weighted by atomic mass is 10.2. The minimum Gasteiger partial charge on any atom is -0.294 e. The summed E-state index contributed by atoms with van der Waals surface area (Å²) < 4.78 is 12.8. The molecule has 1 heterocycles. The molecule has 0 atom stereocenters. The van der Waals surface area contributed by atoms with Crippen LogP contribution in [-0.4, -0.2) is 36.3 Å². The van der Waals surface area contributed by atoms with Crippen molar-refractivity contribution in [2.45, 2.75) is 25.7 Å². The number of halogens is 1. The maximum absolute atomic E-state index is 12.8. The van der Waals surface area contributed by atoms with Gasteiger partial charge >= 0.3 is 0 Å². The molecule has 2 N–H and O–H groups in total. The molecular formula is C15H20FN3O2. The van der Waals surface area contributed by atoms with Crippen molar-refractivity contribution in [3.05, 3.63) is 35.6 Å². The fourth-order valence-corrected chi connectivity index (χ4v) is 2.34. The average molecular weight is 293 g/mol. The van der Waals surface area contributed by atoms with Gasteiger partial charge in [-0.1, -0.05) is 12.8 Å². The van der Waals surface area contributed by atoms with Gasteiger partial charge in [-0.3, -0.25) is 25.3 Å². The normalized spacial score (nSPS) is 16.0. The molecule has 0 unspecified atom stereocenters. The number of amides is 2. The number of nitrogens with zero attached hydrogens (tertiary/aromatic N) is 1. The Morgan fingerprint density at radius 1 is 1.00 bits per heavy atom. The van der Waals surface area contributed by atoms with Gasteiger partial charge in [0.25, 0.3) is 11.8 Å². The van der Waals surface area contributed by atoms with Crippen LogP contribution in [0.25, 0.3) is 0 Å². The number of carbonyl (C=O) groups is 2. The first-order valence-corrected chi connectivity index (χ1v) is 7.22. The molecule has 0 radical (unpaired) electrons. The Morgan fingerprint density at radius 3 is 2.24 bits per heavy atom. The molecule has 1 saturated heterocycles. The van der Waals surface area contributed by atoms with Crippen LogP contribution in [0.5, 0.6) is 0 Å². The summed E-state index contributed by atoms with van der Waals surface area (Å²) in [4.78, 5) is 25.6. The Balaban J connectivity index is 1.75. The molecule has 21 heavy (non-hydrogen) atoms. The molecule has 0 aromatic heterocycles. The number of carbonyl (C=O) groups excluding carboxylic acids is 2. The highest BCUT2D eigenvalue weighted by molar-refractivity contribution is 5.95. The molecule has 1 aromatic rings. The molecule has 0 spiro atoms. The Bertz CT molecular complexity index is 482. The highest BCUT2D eigenvalue weighted by Gasteiger charge is 2.13. The highest BCUT2D eigenvalue weighted by atomic mass is 19.1. The molecule has 2 amide bonds. The van der Waals surface area contributed by atoms with Crippen molar-refractivity contribution < 1.29 is 14.0 Å². The van der Waals surface area contributed by atoms with Crippen molar-refractivity contribution in [2.24, 2.45) is 0 Å². The lowest BCUT2D eigenvalue weighted by Gasteiger charge is -2.19. The van der Waals surface area contributed by atoms with E-state index >= 15 is 0 Å². The molecule has 114 valence electrons. The van der Waals surface area contributed by atoms with Gasteiger partial charge in [-0.15, -0.1) is 0 Å². The van der Waals surface area contributed by atoms with Crippen LogP contribution in [0.1, 0.15) is 36.0 Å². The Labute approximate surface area is 123 Å². The number of likely N-dealkylation sites (tertiary alicyclic amines) is 1. The quantitative estimate of drug-likeness (QED) is 0.830. The second kappa shape index (κ2) is 7.73. The highest BCUT2D eigenvalue weighted by Crippen LogP contribution is 2.08. The van der Waals surface area contributed by atoms with Gasteiger partial charge in [-0.05, 0) is 50.2 Å². The lowest BCUT2D eigenvalue weighted by Crippen LogP contribution is -2.46. The summed E-state index contributed by atoms with van der Waals surface area (Å²) >= 11 is 0. The molecule has 5 nitrogen and oxygen atoms in total. The van der Waals surface area contributed by atoms with E-state index < -0.39 is 11.7 Å². The number of benzene rings is 1. The zero-order valence-corrected chi connectivity index (χ0v) is 11.9. The first kappa shape index (κ1) is 15.4. The summed E-state index contributed by atoms with van der Waals surface area (Å²) in [6, 6.07) is 5.14. The second-order valence-electron chi connectivity index (χ2n) is 5.20. The zero-order chi connectivity index (χ0) is 15.1. The third-order valence-electron chi connectivity index (χ3n) is 3.49. The number of hydrazine groups is 1. The number of hydrogen-bond donors (Lipinski definition) is 2. The smallest absolute Gasteiger partial charge is 0.269 e. The van der Waals surface area contributed by atoms with E-state index in [0.29, 0.717) is 5.56 Å². The van der Waals surface area contributed by atoms with Gasteiger partial charge in [-0.25, -0.2) is 4.39 Å². The van der Waals surface area contributed by atoms with E-state index in [2.05, 4.69) is 15.8 Å². The number of hydrogen-bond acceptors (Lipinski definition) is 3. The van der Waals surface area contributed by atoms with Crippen molar-refractivity contribution in [3.63, 3.8) is 0 Å². The van der Waals surface area contributed by atoms with Crippen LogP contribution in [-0.2, 0) is 4.79 Å². The summed E-state index contributed by atoms with van der Waals surface area (Å²) in [5, 5.41) is 0. The van der Waals surface area contributed by atoms with E-state index in [1.165, 1.54) is 37.1 Å². The van der Waals surface area contributed by atoms with E-state index in [1.807, 2.05) is 0 Å². The SMILES string of the molecule is O=C(CN1CCCCCC1)NNC(=O)c1ccc(F)cc1. The summed E-state index contributed by atoms with van der Waals surface area (Å²) in [5.41, 5.74) is 5.02. The molecule has 6 heteroatoms.